The van der Waals surface area contributed by atoms with E-state index >= 15 is 0 Å². The molecule has 0 fully saturated rings. The number of para-hydroxylation sites is 2. The summed E-state index contributed by atoms with van der Waals surface area (Å²) in [5, 5.41) is 2.67. The summed E-state index contributed by atoms with van der Waals surface area (Å²) in [6.45, 7) is -0.437. The highest BCUT2D eigenvalue weighted by atomic mass is 19.4. The van der Waals surface area contributed by atoms with Crippen LogP contribution in [0.3, 0.4) is 0 Å². The van der Waals surface area contributed by atoms with Gasteiger partial charge in [0.1, 0.15) is 13.2 Å². The third-order valence-corrected chi connectivity index (χ3v) is 4.39. The van der Waals surface area contributed by atoms with Crippen molar-refractivity contribution in [1.29, 1.82) is 0 Å². The van der Waals surface area contributed by atoms with Crippen LogP contribution >= 0.6 is 0 Å². The minimum absolute atomic E-state index is 0.121. The van der Waals surface area contributed by atoms with Gasteiger partial charge in [0.2, 0.25) is 5.91 Å². The van der Waals surface area contributed by atoms with E-state index in [1.165, 1.54) is 36.1 Å². The lowest BCUT2D eigenvalue weighted by molar-refractivity contribution is -0.176. The lowest BCUT2D eigenvalue weighted by atomic mass is 10.1. The zero-order valence-corrected chi connectivity index (χ0v) is 16.4. The van der Waals surface area contributed by atoms with E-state index in [1.54, 1.807) is 24.3 Å². The molecule has 164 valence electrons. The molecule has 0 unspecified atom stereocenters. The molecule has 0 saturated carbocycles. The molecule has 1 N–H and O–H groups in total. The zero-order chi connectivity index (χ0) is 22.6. The van der Waals surface area contributed by atoms with Gasteiger partial charge in [0, 0.05) is 0 Å². The van der Waals surface area contributed by atoms with Crippen LogP contribution in [0.1, 0.15) is 22.8 Å². The van der Waals surface area contributed by atoms with Crippen LogP contribution in [-0.2, 0) is 25.7 Å². The number of halogens is 3. The quantitative estimate of drug-likeness (QED) is 0.703. The molecule has 0 bridgehead atoms. The number of benzene rings is 2. The molecule has 0 aliphatic carbocycles. The van der Waals surface area contributed by atoms with E-state index in [1.807, 2.05) is 0 Å². The average molecular weight is 436 g/mol. The highest BCUT2D eigenvalue weighted by molar-refractivity contribution is 6.11. The van der Waals surface area contributed by atoms with Crippen LogP contribution in [0.15, 0.2) is 48.5 Å². The first-order chi connectivity index (χ1) is 14.6. The second-order valence-corrected chi connectivity index (χ2v) is 6.84. The van der Waals surface area contributed by atoms with Crippen LogP contribution in [0.5, 0.6) is 0 Å². The Morgan fingerprint density at radius 2 is 1.81 bits per heavy atom. The number of alkyl halides is 3. The topological polar surface area (TPSA) is 84.9 Å². The van der Waals surface area contributed by atoms with Crippen LogP contribution in [0.25, 0.3) is 0 Å². The first kappa shape index (κ1) is 22.3. The molecule has 10 heteroatoms. The van der Waals surface area contributed by atoms with Crippen molar-refractivity contribution < 1.29 is 37.0 Å². The van der Waals surface area contributed by atoms with Gasteiger partial charge in [-0.3, -0.25) is 14.5 Å². The summed E-state index contributed by atoms with van der Waals surface area (Å²) in [7, 11) is 0. The Labute approximate surface area is 175 Å². The Bertz CT molecular complexity index is 976. The second kappa shape index (κ2) is 9.17. The van der Waals surface area contributed by atoms with E-state index in [0.29, 0.717) is 16.9 Å². The van der Waals surface area contributed by atoms with Crippen LogP contribution in [0.2, 0.25) is 0 Å². The van der Waals surface area contributed by atoms with Crippen LogP contribution < -0.4 is 10.2 Å². The molecule has 3 rings (SSSR count). The number of nitrogens with zero attached hydrogens (tertiary/aromatic N) is 1. The van der Waals surface area contributed by atoms with Gasteiger partial charge >= 0.3 is 12.1 Å². The van der Waals surface area contributed by atoms with Crippen LogP contribution in [0.4, 0.5) is 24.5 Å². The number of nitrogens with one attached hydrogen (secondary N) is 1. The Morgan fingerprint density at radius 3 is 2.48 bits per heavy atom. The third kappa shape index (κ3) is 5.82. The molecular weight excluding hydrogens is 417 g/mol. The predicted molar refractivity (Wildman–Crippen MR) is 104 cm³/mol. The number of hydrogen-bond donors (Lipinski definition) is 1. The fraction of sp³-hybridized carbons (Fsp3) is 0.286. The lowest BCUT2D eigenvalue weighted by Gasteiger charge is -2.30. The molecule has 0 spiro atoms. The Morgan fingerprint density at radius 1 is 1.13 bits per heavy atom. The van der Waals surface area contributed by atoms with Gasteiger partial charge in [-0.25, -0.2) is 4.79 Å². The molecule has 2 aromatic carbocycles. The maximum Gasteiger partial charge on any atom is 0.411 e. The normalized spacial score (nSPS) is 14.5. The van der Waals surface area contributed by atoms with Crippen molar-refractivity contribution in [3.63, 3.8) is 0 Å². The average Bonchev–Trinajstić information content (AvgIpc) is 2.72. The highest BCUT2D eigenvalue weighted by Gasteiger charge is 2.31. The Hall–Kier alpha value is -3.40. The highest BCUT2D eigenvalue weighted by Crippen LogP contribution is 2.29. The van der Waals surface area contributed by atoms with E-state index in [4.69, 9.17) is 4.74 Å². The summed E-state index contributed by atoms with van der Waals surface area (Å²) in [4.78, 5) is 38.3. The summed E-state index contributed by atoms with van der Waals surface area (Å²) in [6, 6.07) is 12.4. The number of anilines is 2. The minimum Gasteiger partial charge on any atom is -0.449 e. The van der Waals surface area contributed by atoms with E-state index in [0.717, 1.165) is 0 Å². The summed E-state index contributed by atoms with van der Waals surface area (Å²) < 4.78 is 46.1. The van der Waals surface area contributed by atoms with Gasteiger partial charge in [-0.15, -0.1) is 0 Å². The third-order valence-electron chi connectivity index (χ3n) is 4.39. The minimum atomic E-state index is -4.41. The predicted octanol–water partition coefficient (Wildman–Crippen LogP) is 3.30. The Balaban J connectivity index is 1.60. The number of esters is 1. The smallest absolute Gasteiger partial charge is 0.411 e. The van der Waals surface area contributed by atoms with Crippen molar-refractivity contribution in [1.82, 2.24) is 0 Å². The molecule has 31 heavy (non-hydrogen) atoms. The van der Waals surface area contributed by atoms with Gasteiger partial charge in [0.25, 0.3) is 5.91 Å². The molecule has 7 nitrogen and oxygen atoms in total. The van der Waals surface area contributed by atoms with Gasteiger partial charge in [-0.1, -0.05) is 24.3 Å². The summed E-state index contributed by atoms with van der Waals surface area (Å²) >= 11 is 0. The monoisotopic (exact) mass is 436 g/mol. The maximum atomic E-state index is 12.8. The molecule has 2 aromatic rings. The number of ether oxygens (including phenoxy) is 2. The SMILES string of the molecule is C[C@H](OC(=O)c1ccc(COCC(F)(F)F)cc1)C(=O)N1CC(=O)Nc2ccccc21. The summed E-state index contributed by atoms with van der Waals surface area (Å²) in [5.41, 5.74) is 1.55. The van der Waals surface area contributed by atoms with Crippen molar-refractivity contribution in [3.05, 3.63) is 59.7 Å². The number of fused-ring (bicyclic) bond motifs is 1. The van der Waals surface area contributed by atoms with Gasteiger partial charge < -0.3 is 14.8 Å². The fourth-order valence-corrected chi connectivity index (χ4v) is 2.95. The van der Waals surface area contributed by atoms with Crippen molar-refractivity contribution in [2.24, 2.45) is 0 Å². The van der Waals surface area contributed by atoms with E-state index in [9.17, 15) is 27.6 Å². The van der Waals surface area contributed by atoms with Gasteiger partial charge in [-0.2, -0.15) is 13.2 Å². The van der Waals surface area contributed by atoms with E-state index < -0.39 is 30.8 Å². The van der Waals surface area contributed by atoms with Crippen molar-refractivity contribution in [2.45, 2.75) is 25.8 Å². The summed E-state index contributed by atoms with van der Waals surface area (Å²) in [6.07, 6.45) is -5.58. The molecule has 1 atom stereocenters. The first-order valence-electron chi connectivity index (χ1n) is 9.29. The first-order valence-corrected chi connectivity index (χ1v) is 9.29. The standard InChI is InChI=1S/C21H19F3N2O5/c1-13(19(28)26-10-18(27)25-16-4-2-3-5-17(16)26)31-20(29)15-8-6-14(7-9-15)11-30-12-21(22,23)24/h2-9,13H,10-12H2,1H3,(H,25,27)/t13-/m0/s1. The number of rotatable bonds is 6. The fourth-order valence-electron chi connectivity index (χ4n) is 2.95. The molecule has 1 aliphatic rings. The second-order valence-electron chi connectivity index (χ2n) is 6.84. The number of hydrogen-bond acceptors (Lipinski definition) is 5. The summed E-state index contributed by atoms with van der Waals surface area (Å²) in [5.74, 6) is -1.71. The largest absolute Gasteiger partial charge is 0.449 e. The molecule has 1 heterocycles. The molecule has 0 saturated heterocycles. The van der Waals surface area contributed by atoms with E-state index in [2.05, 4.69) is 10.1 Å². The van der Waals surface area contributed by atoms with Crippen molar-refractivity contribution in [3.8, 4) is 0 Å². The van der Waals surface area contributed by atoms with Gasteiger partial charge in [0.05, 0.1) is 23.5 Å². The number of carbonyl (C=O) groups is 3. The lowest BCUT2D eigenvalue weighted by Crippen LogP contribution is -2.47. The van der Waals surface area contributed by atoms with Gasteiger partial charge in [-0.05, 0) is 36.8 Å². The van der Waals surface area contributed by atoms with Crippen molar-refractivity contribution in [2.75, 3.05) is 23.4 Å². The maximum absolute atomic E-state index is 12.8. The molecule has 1 aliphatic heterocycles. The number of carbonyl (C=O) groups excluding carboxylic acids is 3. The zero-order valence-electron chi connectivity index (χ0n) is 16.4. The molecule has 0 radical (unpaired) electrons. The van der Waals surface area contributed by atoms with Crippen LogP contribution in [0, 0.1) is 0 Å². The Kier molecular flexibility index (Phi) is 6.59. The van der Waals surface area contributed by atoms with Crippen molar-refractivity contribution >= 4 is 29.2 Å². The van der Waals surface area contributed by atoms with E-state index in [-0.39, 0.29) is 24.6 Å². The van der Waals surface area contributed by atoms with Crippen LogP contribution in [-0.4, -0.2) is 43.2 Å². The molecule has 0 aromatic heterocycles. The number of amides is 2. The molecular formula is C21H19F3N2O5. The van der Waals surface area contributed by atoms with Gasteiger partial charge in [0.15, 0.2) is 6.10 Å². The molecule has 2 amide bonds.